The summed E-state index contributed by atoms with van der Waals surface area (Å²) in [6, 6.07) is 1.83. The van der Waals surface area contributed by atoms with Crippen LogP contribution in [0.4, 0.5) is 0 Å². The van der Waals surface area contributed by atoms with Crippen molar-refractivity contribution in [3.05, 3.63) is 23.7 Å². The highest BCUT2D eigenvalue weighted by molar-refractivity contribution is 5.77. The third-order valence-corrected chi connectivity index (χ3v) is 4.42. The van der Waals surface area contributed by atoms with Crippen LogP contribution in [-0.4, -0.2) is 45.3 Å². The lowest BCUT2D eigenvalue weighted by molar-refractivity contribution is -0.137. The molecule has 8 heteroatoms. The molecule has 0 aromatic carbocycles. The number of amides is 1. The smallest absolute Gasteiger partial charge is 0.303 e. The Kier molecular flexibility index (Phi) is 5.16. The van der Waals surface area contributed by atoms with Gasteiger partial charge in [-0.25, -0.2) is 0 Å². The van der Waals surface area contributed by atoms with Gasteiger partial charge in [-0.3, -0.25) is 9.59 Å². The number of nitrogens with zero attached hydrogens (tertiary/aromatic N) is 3. The van der Waals surface area contributed by atoms with Crippen molar-refractivity contribution in [1.82, 2.24) is 15.2 Å². The van der Waals surface area contributed by atoms with Crippen LogP contribution < -0.4 is 0 Å². The maximum atomic E-state index is 12.3. The number of aromatic nitrogens is 2. The van der Waals surface area contributed by atoms with E-state index < -0.39 is 5.97 Å². The van der Waals surface area contributed by atoms with Crippen LogP contribution in [-0.2, 0) is 9.59 Å². The molecule has 1 fully saturated rings. The van der Waals surface area contributed by atoms with Crippen LogP contribution in [0.2, 0.25) is 0 Å². The molecule has 0 bridgehead atoms. The van der Waals surface area contributed by atoms with Crippen molar-refractivity contribution in [1.29, 1.82) is 0 Å². The molecule has 1 aliphatic rings. The van der Waals surface area contributed by atoms with Crippen molar-refractivity contribution in [2.24, 2.45) is 0 Å². The fourth-order valence-corrected chi connectivity index (χ4v) is 3.19. The zero-order valence-electron chi connectivity index (χ0n) is 14.1. The highest BCUT2D eigenvalue weighted by Crippen LogP contribution is 2.34. The summed E-state index contributed by atoms with van der Waals surface area (Å²) >= 11 is 0. The van der Waals surface area contributed by atoms with Gasteiger partial charge in [0.2, 0.25) is 5.91 Å². The molecule has 8 nitrogen and oxygen atoms in total. The van der Waals surface area contributed by atoms with Crippen LogP contribution in [0.15, 0.2) is 21.3 Å². The predicted octanol–water partition coefficient (Wildman–Crippen LogP) is 2.60. The number of hydrogen-bond acceptors (Lipinski definition) is 6. The summed E-state index contributed by atoms with van der Waals surface area (Å²) in [7, 11) is 0. The van der Waals surface area contributed by atoms with Gasteiger partial charge < -0.3 is 19.1 Å². The van der Waals surface area contributed by atoms with Crippen LogP contribution in [0.1, 0.15) is 49.5 Å². The van der Waals surface area contributed by atoms with Crippen molar-refractivity contribution in [3.63, 3.8) is 0 Å². The normalized spacial score (nSPS) is 17.6. The van der Waals surface area contributed by atoms with E-state index >= 15 is 0 Å². The number of carboxylic acids is 1. The summed E-state index contributed by atoms with van der Waals surface area (Å²) in [6.07, 6.45) is 4.01. The maximum Gasteiger partial charge on any atom is 0.303 e. The number of hydrogen-bond donors (Lipinski definition) is 1. The van der Waals surface area contributed by atoms with Gasteiger partial charge in [-0.2, -0.15) is 0 Å². The zero-order chi connectivity index (χ0) is 17.8. The van der Waals surface area contributed by atoms with E-state index in [1.807, 2.05) is 13.0 Å². The second-order valence-corrected chi connectivity index (χ2v) is 6.36. The quantitative estimate of drug-likeness (QED) is 0.855. The Morgan fingerprint density at radius 3 is 2.92 bits per heavy atom. The molecule has 1 aliphatic heterocycles. The Balaban J connectivity index is 1.67. The lowest BCUT2D eigenvalue weighted by Gasteiger charge is -2.32. The van der Waals surface area contributed by atoms with Gasteiger partial charge in [-0.05, 0) is 26.2 Å². The molecule has 3 rings (SSSR count). The molecule has 1 saturated heterocycles. The number of carbonyl (C=O) groups excluding carboxylic acids is 1. The summed E-state index contributed by atoms with van der Waals surface area (Å²) in [6.45, 7) is 3.08. The highest BCUT2D eigenvalue weighted by atomic mass is 16.5. The van der Waals surface area contributed by atoms with Crippen molar-refractivity contribution >= 4 is 11.9 Å². The Morgan fingerprint density at radius 2 is 2.20 bits per heavy atom. The van der Waals surface area contributed by atoms with E-state index in [9.17, 15) is 9.59 Å². The van der Waals surface area contributed by atoms with Crippen LogP contribution in [0.5, 0.6) is 0 Å². The molecular formula is C17H21N3O5. The van der Waals surface area contributed by atoms with E-state index in [2.05, 4.69) is 10.3 Å². The molecule has 0 unspecified atom stereocenters. The fourth-order valence-electron chi connectivity index (χ4n) is 3.19. The maximum absolute atomic E-state index is 12.3. The monoisotopic (exact) mass is 347 g/mol. The summed E-state index contributed by atoms with van der Waals surface area (Å²) in [4.78, 5) is 24.7. The van der Waals surface area contributed by atoms with Crippen molar-refractivity contribution < 1.29 is 23.7 Å². The number of carboxylic acid groups (broad SMARTS) is 1. The SMILES string of the molecule is Cc1cc(-c2cnoc2[C@H]2CCCN(C(=O)CCCC(=O)O)C2)on1. The van der Waals surface area contributed by atoms with Crippen LogP contribution in [0, 0.1) is 6.92 Å². The second kappa shape index (κ2) is 7.50. The first-order valence-corrected chi connectivity index (χ1v) is 8.42. The van der Waals surface area contributed by atoms with Gasteiger partial charge in [0, 0.05) is 37.9 Å². The number of aryl methyl sites for hydroxylation is 1. The third-order valence-electron chi connectivity index (χ3n) is 4.42. The topological polar surface area (TPSA) is 110 Å². The second-order valence-electron chi connectivity index (χ2n) is 6.36. The van der Waals surface area contributed by atoms with Gasteiger partial charge in [-0.15, -0.1) is 0 Å². The summed E-state index contributed by atoms with van der Waals surface area (Å²) < 4.78 is 10.8. The van der Waals surface area contributed by atoms with Gasteiger partial charge in [0.25, 0.3) is 0 Å². The standard InChI is InChI=1S/C17H21N3O5/c1-11-8-14(24-19-11)13-9-18-25-17(13)12-4-3-7-20(10-12)15(21)5-2-6-16(22)23/h8-9,12H,2-7,10H2,1H3,(H,22,23)/t12-/m0/s1. The molecule has 0 saturated carbocycles. The number of piperidine rings is 1. The number of carbonyl (C=O) groups is 2. The summed E-state index contributed by atoms with van der Waals surface area (Å²) in [5, 5.41) is 16.5. The van der Waals surface area contributed by atoms with Crippen molar-refractivity contribution in [2.45, 2.75) is 44.9 Å². The predicted molar refractivity (Wildman–Crippen MR) is 86.8 cm³/mol. The Labute approximate surface area is 144 Å². The molecule has 1 N–H and O–H groups in total. The minimum absolute atomic E-state index is 0.0116. The molecule has 0 radical (unpaired) electrons. The van der Waals surface area contributed by atoms with E-state index in [0.717, 1.165) is 24.1 Å². The molecule has 3 heterocycles. The van der Waals surface area contributed by atoms with Gasteiger partial charge in [0.05, 0.1) is 17.5 Å². The van der Waals surface area contributed by atoms with E-state index in [0.29, 0.717) is 31.0 Å². The average molecular weight is 347 g/mol. The van der Waals surface area contributed by atoms with Gasteiger partial charge in [0.1, 0.15) is 0 Å². The summed E-state index contributed by atoms with van der Waals surface area (Å²) in [5.74, 6) is 0.471. The van der Waals surface area contributed by atoms with E-state index in [1.165, 1.54) is 0 Å². The van der Waals surface area contributed by atoms with Crippen LogP contribution in [0.25, 0.3) is 11.3 Å². The van der Waals surface area contributed by atoms with E-state index in [-0.39, 0.29) is 24.7 Å². The van der Waals surface area contributed by atoms with Crippen LogP contribution in [0.3, 0.4) is 0 Å². The number of likely N-dealkylation sites (tertiary alicyclic amines) is 1. The molecule has 0 aliphatic carbocycles. The molecule has 0 spiro atoms. The van der Waals surface area contributed by atoms with E-state index in [4.69, 9.17) is 14.2 Å². The zero-order valence-corrected chi connectivity index (χ0v) is 14.1. The minimum Gasteiger partial charge on any atom is -0.481 e. The average Bonchev–Trinajstić information content (AvgIpc) is 3.23. The molecular weight excluding hydrogens is 326 g/mol. The molecule has 1 amide bonds. The fraction of sp³-hybridized carbons (Fsp3) is 0.529. The molecule has 25 heavy (non-hydrogen) atoms. The molecule has 1 atom stereocenters. The molecule has 134 valence electrons. The largest absolute Gasteiger partial charge is 0.481 e. The highest BCUT2D eigenvalue weighted by Gasteiger charge is 2.30. The van der Waals surface area contributed by atoms with Crippen molar-refractivity contribution in [2.75, 3.05) is 13.1 Å². The van der Waals surface area contributed by atoms with Crippen LogP contribution >= 0.6 is 0 Å². The first-order valence-electron chi connectivity index (χ1n) is 8.42. The Morgan fingerprint density at radius 1 is 1.36 bits per heavy atom. The molecule has 2 aromatic rings. The summed E-state index contributed by atoms with van der Waals surface area (Å²) in [5.41, 5.74) is 1.55. The minimum atomic E-state index is -0.877. The molecule has 2 aromatic heterocycles. The van der Waals surface area contributed by atoms with Gasteiger partial charge in [-0.1, -0.05) is 10.3 Å². The number of aliphatic carboxylic acids is 1. The lowest BCUT2D eigenvalue weighted by Crippen LogP contribution is -2.39. The van der Waals surface area contributed by atoms with Crippen molar-refractivity contribution in [3.8, 4) is 11.3 Å². The third kappa shape index (κ3) is 4.07. The number of rotatable bonds is 6. The first kappa shape index (κ1) is 17.2. The Hall–Kier alpha value is -2.64. The van der Waals surface area contributed by atoms with Gasteiger partial charge >= 0.3 is 5.97 Å². The lowest BCUT2D eigenvalue weighted by atomic mass is 9.92. The Bertz CT molecular complexity index is 751. The first-order chi connectivity index (χ1) is 12.0. The van der Waals surface area contributed by atoms with E-state index in [1.54, 1.807) is 11.1 Å². The van der Waals surface area contributed by atoms with Gasteiger partial charge in [0.15, 0.2) is 11.5 Å².